The molecule has 0 saturated carbocycles. The summed E-state index contributed by atoms with van der Waals surface area (Å²) in [7, 11) is 0. The van der Waals surface area contributed by atoms with Gasteiger partial charge in [0.05, 0.1) is 11.0 Å². The summed E-state index contributed by atoms with van der Waals surface area (Å²) in [5.41, 5.74) is 16.3. The Morgan fingerprint density at radius 3 is 1.41 bits per heavy atom. The fraction of sp³-hybridized carbons (Fsp3) is 0.0339. The number of thiophene rings is 1. The van der Waals surface area contributed by atoms with Crippen LogP contribution in [0.15, 0.2) is 206 Å². The van der Waals surface area contributed by atoms with Gasteiger partial charge in [-0.25, -0.2) is 15.0 Å². The predicted octanol–water partition coefficient (Wildman–Crippen LogP) is 15.4. The van der Waals surface area contributed by atoms with Crippen LogP contribution in [0.2, 0.25) is 0 Å². The van der Waals surface area contributed by atoms with E-state index >= 15 is 0 Å². The third kappa shape index (κ3) is 6.08. The first-order chi connectivity index (χ1) is 31.7. The molecule has 3 aromatic heterocycles. The first kappa shape index (κ1) is 36.6. The van der Waals surface area contributed by atoms with Gasteiger partial charge in [0.1, 0.15) is 0 Å². The molecule has 0 N–H and O–H groups in total. The van der Waals surface area contributed by atoms with Gasteiger partial charge in [0.25, 0.3) is 0 Å². The molecule has 0 fully saturated rings. The van der Waals surface area contributed by atoms with E-state index < -0.39 is 0 Å². The Bertz CT molecular complexity index is 3650. The predicted molar refractivity (Wildman–Crippen MR) is 267 cm³/mol. The van der Waals surface area contributed by atoms with Crippen LogP contribution < -0.4 is 0 Å². The highest BCUT2D eigenvalue weighted by molar-refractivity contribution is 7.26. The van der Waals surface area contributed by atoms with E-state index in [1.54, 1.807) is 0 Å². The maximum Gasteiger partial charge on any atom is 0.164 e. The summed E-state index contributed by atoms with van der Waals surface area (Å²) >= 11 is 1.89. The SMILES string of the molecule is c1ccc(-c2cc(-c3ccccc3)cc(-n3c4cc(-c5nc(-c6ccccc6)nc(-c6ccccc6)n5)cc5c4c4c(cc(-c6cccc7c6sc6ccccc67)cc43)CC5)c2)cc1. The second-order valence-corrected chi connectivity index (χ2v) is 17.8. The van der Waals surface area contributed by atoms with Crippen molar-refractivity contribution in [3.05, 3.63) is 217 Å². The quantitative estimate of drug-likeness (QED) is 0.161. The van der Waals surface area contributed by atoms with Crippen LogP contribution in [-0.2, 0) is 12.8 Å². The van der Waals surface area contributed by atoms with Crippen molar-refractivity contribution in [2.45, 2.75) is 12.8 Å². The largest absolute Gasteiger partial charge is 0.309 e. The molecule has 1 aliphatic carbocycles. The highest BCUT2D eigenvalue weighted by atomic mass is 32.1. The van der Waals surface area contributed by atoms with Crippen LogP contribution in [0.4, 0.5) is 0 Å². The monoisotopic (exact) mass is 834 g/mol. The summed E-state index contributed by atoms with van der Waals surface area (Å²) in [6, 6.07) is 74.3. The fourth-order valence-electron chi connectivity index (χ4n) is 9.90. The molecule has 0 atom stereocenters. The van der Waals surface area contributed by atoms with Crippen molar-refractivity contribution in [1.29, 1.82) is 0 Å². The molecule has 13 rings (SSSR count). The minimum atomic E-state index is 0.657. The van der Waals surface area contributed by atoms with Crippen LogP contribution in [-0.4, -0.2) is 19.5 Å². The van der Waals surface area contributed by atoms with Gasteiger partial charge in [0, 0.05) is 53.3 Å². The number of aromatic nitrogens is 4. The summed E-state index contributed by atoms with van der Waals surface area (Å²) in [6.07, 6.45) is 1.85. The lowest BCUT2D eigenvalue weighted by Gasteiger charge is -2.16. The van der Waals surface area contributed by atoms with Gasteiger partial charge >= 0.3 is 0 Å². The molecular formula is C59H38N4S. The van der Waals surface area contributed by atoms with Crippen molar-refractivity contribution in [1.82, 2.24) is 19.5 Å². The molecule has 0 spiro atoms. The van der Waals surface area contributed by atoms with Crippen molar-refractivity contribution < 1.29 is 0 Å². The summed E-state index contributed by atoms with van der Waals surface area (Å²) in [5, 5.41) is 5.25. The number of rotatable bonds is 7. The van der Waals surface area contributed by atoms with Crippen LogP contribution in [0, 0.1) is 0 Å². The number of nitrogens with zero attached hydrogens (tertiary/aromatic N) is 4. The minimum Gasteiger partial charge on any atom is -0.309 e. The molecule has 0 bridgehead atoms. The molecule has 64 heavy (non-hydrogen) atoms. The Balaban J connectivity index is 1.12. The fourth-order valence-corrected chi connectivity index (χ4v) is 11.1. The standard InChI is InChI=1S/C59H38N4S/c1-5-16-37(17-6-1)43-32-44(38-18-7-2-8-19-38)34-47(33-43)63-51-35-45(48-25-15-26-50-49-24-13-14-27-53(49)64-56(48)50)30-41-28-29-42-31-46(36-52(63)55(42)54(41)51)59-61-57(39-20-9-3-10-21-39)60-58(62-59)40-22-11-4-12-23-40/h1-27,30-36H,28-29H2. The van der Waals surface area contributed by atoms with Crippen molar-refractivity contribution in [3.8, 4) is 73.2 Å². The first-order valence-electron chi connectivity index (χ1n) is 21.9. The molecule has 12 aromatic rings. The molecule has 4 nitrogen and oxygen atoms in total. The maximum absolute atomic E-state index is 5.23. The maximum atomic E-state index is 5.23. The molecule has 0 saturated heterocycles. The van der Waals surface area contributed by atoms with Gasteiger partial charge in [-0.15, -0.1) is 11.3 Å². The van der Waals surface area contributed by atoms with Gasteiger partial charge < -0.3 is 4.57 Å². The van der Waals surface area contributed by atoms with E-state index in [9.17, 15) is 0 Å². The topological polar surface area (TPSA) is 43.6 Å². The van der Waals surface area contributed by atoms with Gasteiger partial charge in [-0.05, 0) is 99.8 Å². The second kappa shape index (κ2) is 14.8. The molecule has 0 aliphatic heterocycles. The zero-order valence-electron chi connectivity index (χ0n) is 34.7. The normalized spacial score (nSPS) is 12.2. The third-order valence-corrected chi connectivity index (χ3v) is 14.1. The third-order valence-electron chi connectivity index (χ3n) is 12.9. The van der Waals surface area contributed by atoms with E-state index in [-0.39, 0.29) is 0 Å². The highest BCUT2D eigenvalue weighted by Crippen LogP contribution is 2.47. The van der Waals surface area contributed by atoms with Gasteiger partial charge in [-0.1, -0.05) is 164 Å². The number of aryl methyl sites for hydroxylation is 2. The number of hydrogen-bond acceptors (Lipinski definition) is 4. The zero-order chi connectivity index (χ0) is 42.1. The summed E-state index contributed by atoms with van der Waals surface area (Å²) in [4.78, 5) is 15.5. The molecule has 0 radical (unpaired) electrons. The smallest absolute Gasteiger partial charge is 0.164 e. The molecule has 300 valence electrons. The Morgan fingerprint density at radius 1 is 0.359 bits per heavy atom. The average molecular weight is 835 g/mol. The van der Waals surface area contributed by atoms with Crippen LogP contribution >= 0.6 is 11.3 Å². The Labute approximate surface area is 374 Å². The number of benzene rings is 9. The van der Waals surface area contributed by atoms with Crippen LogP contribution in [0.5, 0.6) is 0 Å². The Morgan fingerprint density at radius 2 is 0.828 bits per heavy atom. The van der Waals surface area contributed by atoms with Crippen molar-refractivity contribution in [2.75, 3.05) is 0 Å². The summed E-state index contributed by atoms with van der Waals surface area (Å²) < 4.78 is 5.17. The van der Waals surface area contributed by atoms with E-state index in [4.69, 9.17) is 15.0 Å². The number of hydrogen-bond donors (Lipinski definition) is 0. The summed E-state index contributed by atoms with van der Waals surface area (Å²) in [6.45, 7) is 0. The molecule has 1 aliphatic rings. The lowest BCUT2D eigenvalue weighted by atomic mass is 9.88. The summed E-state index contributed by atoms with van der Waals surface area (Å²) in [5.74, 6) is 1.97. The lowest BCUT2D eigenvalue weighted by Crippen LogP contribution is -2.03. The van der Waals surface area contributed by atoms with Crippen molar-refractivity contribution >= 4 is 53.3 Å². The van der Waals surface area contributed by atoms with Gasteiger partial charge in [-0.3, -0.25) is 0 Å². The molecule has 3 heterocycles. The van der Waals surface area contributed by atoms with Crippen molar-refractivity contribution in [2.24, 2.45) is 0 Å². The van der Waals surface area contributed by atoms with Gasteiger partial charge in [0.15, 0.2) is 17.5 Å². The van der Waals surface area contributed by atoms with Gasteiger partial charge in [0.2, 0.25) is 0 Å². The van der Waals surface area contributed by atoms with E-state index in [0.717, 1.165) is 40.7 Å². The van der Waals surface area contributed by atoms with E-state index in [0.29, 0.717) is 17.5 Å². The van der Waals surface area contributed by atoms with Crippen LogP contribution in [0.25, 0.3) is 115 Å². The minimum absolute atomic E-state index is 0.657. The molecular weight excluding hydrogens is 797 g/mol. The zero-order valence-corrected chi connectivity index (χ0v) is 35.6. The van der Waals surface area contributed by atoms with Gasteiger partial charge in [-0.2, -0.15) is 0 Å². The van der Waals surface area contributed by atoms with Crippen LogP contribution in [0.3, 0.4) is 0 Å². The molecule has 0 amide bonds. The van der Waals surface area contributed by atoms with Crippen LogP contribution in [0.1, 0.15) is 11.1 Å². The Kier molecular flexibility index (Phi) is 8.49. The number of fused-ring (bicyclic) bond motifs is 3. The molecule has 0 unspecified atom stereocenters. The second-order valence-electron chi connectivity index (χ2n) is 16.7. The van der Waals surface area contributed by atoms with E-state index in [1.165, 1.54) is 81.0 Å². The first-order valence-corrected chi connectivity index (χ1v) is 22.7. The highest BCUT2D eigenvalue weighted by Gasteiger charge is 2.26. The molecule has 5 heteroatoms. The molecule has 9 aromatic carbocycles. The van der Waals surface area contributed by atoms with E-state index in [1.807, 2.05) is 47.7 Å². The van der Waals surface area contributed by atoms with E-state index in [2.05, 4.69) is 174 Å². The lowest BCUT2D eigenvalue weighted by molar-refractivity contribution is 0.969. The average Bonchev–Trinajstić information content (AvgIpc) is 3.93. The van der Waals surface area contributed by atoms with Crippen molar-refractivity contribution in [3.63, 3.8) is 0 Å². The Hall–Kier alpha value is -7.99.